The summed E-state index contributed by atoms with van der Waals surface area (Å²) < 4.78 is 13.4. The Labute approximate surface area is 152 Å². The summed E-state index contributed by atoms with van der Waals surface area (Å²) in [5.41, 5.74) is -0.0437. The maximum absolute atomic E-state index is 13.4. The summed E-state index contributed by atoms with van der Waals surface area (Å²) in [7, 11) is 0. The lowest BCUT2D eigenvalue weighted by molar-refractivity contribution is -0.387. The first-order valence-electron chi connectivity index (χ1n) is 7.66. The molecule has 0 spiro atoms. The monoisotopic (exact) mass is 377 g/mol. The number of hydrogen-bond acceptors (Lipinski definition) is 4. The van der Waals surface area contributed by atoms with Gasteiger partial charge in [-0.05, 0) is 30.3 Å². The van der Waals surface area contributed by atoms with Crippen LogP contribution in [0.3, 0.4) is 0 Å². The average molecular weight is 378 g/mol. The zero-order valence-corrected chi connectivity index (χ0v) is 14.1. The van der Waals surface area contributed by atoms with E-state index < -0.39 is 28.3 Å². The number of hydrogen-bond donors (Lipinski definition) is 1. The van der Waals surface area contributed by atoms with Crippen LogP contribution >= 0.6 is 11.6 Å². The molecule has 2 amide bonds. The van der Waals surface area contributed by atoms with Gasteiger partial charge in [-0.1, -0.05) is 17.7 Å². The minimum absolute atomic E-state index is 0.00162. The highest BCUT2D eigenvalue weighted by molar-refractivity contribution is 6.31. The van der Waals surface area contributed by atoms with Crippen molar-refractivity contribution < 1.29 is 18.9 Å². The van der Waals surface area contributed by atoms with Gasteiger partial charge in [0.2, 0.25) is 17.6 Å². The van der Waals surface area contributed by atoms with Gasteiger partial charge in [0.25, 0.3) is 0 Å². The predicted molar refractivity (Wildman–Crippen MR) is 93.6 cm³/mol. The van der Waals surface area contributed by atoms with Crippen molar-refractivity contribution in [2.24, 2.45) is 5.92 Å². The van der Waals surface area contributed by atoms with Crippen LogP contribution in [0.2, 0.25) is 5.02 Å². The van der Waals surface area contributed by atoms with Crippen molar-refractivity contribution >= 4 is 40.5 Å². The van der Waals surface area contributed by atoms with E-state index in [2.05, 4.69) is 5.32 Å². The van der Waals surface area contributed by atoms with Crippen molar-refractivity contribution in [3.63, 3.8) is 0 Å². The van der Waals surface area contributed by atoms with Crippen LogP contribution in [-0.2, 0) is 9.59 Å². The normalized spacial score (nSPS) is 16.6. The molecule has 3 rings (SSSR count). The Morgan fingerprint density at radius 3 is 2.77 bits per heavy atom. The van der Waals surface area contributed by atoms with E-state index in [9.17, 15) is 24.1 Å². The fourth-order valence-electron chi connectivity index (χ4n) is 2.75. The standard InChI is InChI=1S/C17H13ClFN3O4/c18-11-2-1-3-13(7-11)21-9-10(6-16(21)23)17(24)20-12-4-5-14(19)15(8-12)22(25)26/h1-5,7-8,10H,6,9H2,(H,20,24)/t10-/m0/s1. The Bertz CT molecular complexity index is 905. The maximum atomic E-state index is 13.4. The Kier molecular flexibility index (Phi) is 4.85. The highest BCUT2D eigenvalue weighted by Gasteiger charge is 2.35. The molecule has 134 valence electrons. The molecule has 0 bridgehead atoms. The number of nitro groups is 1. The molecule has 2 aromatic rings. The van der Waals surface area contributed by atoms with Crippen LogP contribution in [0.5, 0.6) is 0 Å². The van der Waals surface area contributed by atoms with Crippen molar-refractivity contribution in [1.29, 1.82) is 0 Å². The fourth-order valence-corrected chi connectivity index (χ4v) is 2.94. The Hall–Kier alpha value is -3.00. The molecule has 1 atom stereocenters. The zero-order chi connectivity index (χ0) is 18.8. The lowest BCUT2D eigenvalue weighted by atomic mass is 10.1. The summed E-state index contributed by atoms with van der Waals surface area (Å²) in [4.78, 5) is 36.0. The number of halogens is 2. The van der Waals surface area contributed by atoms with E-state index in [1.807, 2.05) is 0 Å². The van der Waals surface area contributed by atoms with E-state index in [-0.39, 0.29) is 24.6 Å². The molecule has 1 heterocycles. The summed E-state index contributed by atoms with van der Waals surface area (Å²) in [6.45, 7) is 0.161. The minimum Gasteiger partial charge on any atom is -0.326 e. The van der Waals surface area contributed by atoms with Gasteiger partial charge in [-0.2, -0.15) is 4.39 Å². The average Bonchev–Trinajstić information content (AvgIpc) is 2.98. The van der Waals surface area contributed by atoms with Crippen LogP contribution in [0, 0.1) is 21.8 Å². The third kappa shape index (κ3) is 3.65. The predicted octanol–water partition coefficient (Wildman–Crippen LogP) is 3.38. The van der Waals surface area contributed by atoms with Crippen molar-refractivity contribution in [2.45, 2.75) is 6.42 Å². The minimum atomic E-state index is -0.990. The van der Waals surface area contributed by atoms with Gasteiger partial charge in [0, 0.05) is 35.4 Å². The van der Waals surface area contributed by atoms with Gasteiger partial charge in [0.05, 0.1) is 10.8 Å². The van der Waals surface area contributed by atoms with E-state index >= 15 is 0 Å². The SMILES string of the molecule is O=C(Nc1ccc(F)c([N+](=O)[O-])c1)[C@H]1CC(=O)N(c2cccc(Cl)c2)C1. The Balaban J connectivity index is 1.72. The molecule has 0 saturated carbocycles. The molecule has 0 aromatic heterocycles. The second-order valence-corrected chi connectivity index (χ2v) is 6.23. The van der Waals surface area contributed by atoms with Gasteiger partial charge in [0.1, 0.15) is 0 Å². The second-order valence-electron chi connectivity index (χ2n) is 5.80. The summed E-state index contributed by atoms with van der Waals surface area (Å²) >= 11 is 5.93. The molecule has 26 heavy (non-hydrogen) atoms. The van der Waals surface area contributed by atoms with E-state index in [0.29, 0.717) is 10.7 Å². The number of amides is 2. The number of carbonyl (C=O) groups is 2. The number of benzene rings is 2. The summed E-state index contributed by atoms with van der Waals surface area (Å²) in [5, 5.41) is 13.7. The molecule has 1 saturated heterocycles. The van der Waals surface area contributed by atoms with E-state index in [4.69, 9.17) is 11.6 Å². The molecule has 2 aromatic carbocycles. The van der Waals surface area contributed by atoms with Crippen LogP contribution in [0.4, 0.5) is 21.5 Å². The van der Waals surface area contributed by atoms with E-state index in [0.717, 1.165) is 12.1 Å². The van der Waals surface area contributed by atoms with Crippen molar-refractivity contribution in [3.05, 3.63) is 63.4 Å². The molecular weight excluding hydrogens is 365 g/mol. The molecule has 1 N–H and O–H groups in total. The Morgan fingerprint density at radius 2 is 2.08 bits per heavy atom. The lowest BCUT2D eigenvalue weighted by Gasteiger charge is -2.17. The molecule has 1 aliphatic heterocycles. The van der Waals surface area contributed by atoms with E-state index in [1.165, 1.54) is 11.0 Å². The van der Waals surface area contributed by atoms with E-state index in [1.54, 1.807) is 24.3 Å². The smallest absolute Gasteiger partial charge is 0.306 e. The summed E-state index contributed by atoms with van der Waals surface area (Å²) in [5.74, 6) is -2.32. The molecular formula is C17H13ClFN3O4. The van der Waals surface area contributed by atoms with Crippen LogP contribution in [0.25, 0.3) is 0 Å². The highest BCUT2D eigenvalue weighted by Crippen LogP contribution is 2.28. The summed E-state index contributed by atoms with van der Waals surface area (Å²) in [6.07, 6.45) is 0.00162. The van der Waals surface area contributed by atoms with Gasteiger partial charge in [-0.15, -0.1) is 0 Å². The van der Waals surface area contributed by atoms with Crippen LogP contribution < -0.4 is 10.2 Å². The molecule has 7 nitrogen and oxygen atoms in total. The van der Waals surface area contributed by atoms with Gasteiger partial charge in [0.15, 0.2) is 0 Å². The van der Waals surface area contributed by atoms with Gasteiger partial charge in [-0.3, -0.25) is 19.7 Å². The van der Waals surface area contributed by atoms with Crippen molar-refractivity contribution in [1.82, 2.24) is 0 Å². The third-order valence-corrected chi connectivity index (χ3v) is 4.26. The molecule has 1 aliphatic rings. The first-order chi connectivity index (χ1) is 12.3. The van der Waals surface area contributed by atoms with Gasteiger partial charge >= 0.3 is 5.69 Å². The topological polar surface area (TPSA) is 92.5 Å². The first kappa shape index (κ1) is 17.8. The third-order valence-electron chi connectivity index (χ3n) is 4.03. The van der Waals surface area contributed by atoms with Gasteiger partial charge in [-0.25, -0.2) is 0 Å². The van der Waals surface area contributed by atoms with Gasteiger partial charge < -0.3 is 10.2 Å². The number of carbonyl (C=O) groups excluding carboxylic acids is 2. The largest absolute Gasteiger partial charge is 0.326 e. The molecule has 0 aliphatic carbocycles. The molecule has 0 unspecified atom stereocenters. The quantitative estimate of drug-likeness (QED) is 0.653. The second kappa shape index (κ2) is 7.09. The first-order valence-corrected chi connectivity index (χ1v) is 8.03. The maximum Gasteiger partial charge on any atom is 0.306 e. The number of rotatable bonds is 4. The molecule has 9 heteroatoms. The number of anilines is 2. The molecule has 0 radical (unpaired) electrons. The summed E-state index contributed by atoms with van der Waals surface area (Å²) in [6, 6.07) is 9.81. The fraction of sp³-hybridized carbons (Fsp3) is 0.176. The van der Waals surface area contributed by atoms with Crippen LogP contribution in [0.15, 0.2) is 42.5 Å². The highest BCUT2D eigenvalue weighted by atomic mass is 35.5. The number of nitrogens with one attached hydrogen (secondary N) is 1. The Morgan fingerprint density at radius 1 is 1.31 bits per heavy atom. The zero-order valence-electron chi connectivity index (χ0n) is 13.3. The molecule has 1 fully saturated rings. The van der Waals surface area contributed by atoms with Crippen LogP contribution in [-0.4, -0.2) is 23.3 Å². The van der Waals surface area contributed by atoms with Crippen molar-refractivity contribution in [2.75, 3.05) is 16.8 Å². The number of nitrogens with zero attached hydrogens (tertiary/aromatic N) is 2. The van der Waals surface area contributed by atoms with Crippen molar-refractivity contribution in [3.8, 4) is 0 Å². The number of nitro benzene ring substituents is 1. The van der Waals surface area contributed by atoms with Crippen LogP contribution in [0.1, 0.15) is 6.42 Å². The lowest BCUT2D eigenvalue weighted by Crippen LogP contribution is -2.28.